The molecule has 0 spiro atoms. The lowest BCUT2D eigenvalue weighted by atomic mass is 9.86. The van der Waals surface area contributed by atoms with Crippen LogP contribution >= 0.6 is 0 Å². The Morgan fingerprint density at radius 1 is 1.17 bits per heavy atom. The van der Waals surface area contributed by atoms with E-state index < -0.39 is 11.2 Å². The van der Waals surface area contributed by atoms with Gasteiger partial charge in [-0.1, -0.05) is 6.92 Å². The Morgan fingerprint density at radius 3 is 2.71 bits per heavy atom. The zero-order valence-corrected chi connectivity index (χ0v) is 14.7. The quantitative estimate of drug-likeness (QED) is 0.625. The molecule has 134 valence electrons. The van der Waals surface area contributed by atoms with Crippen molar-refractivity contribution in [2.75, 3.05) is 19.7 Å². The molecule has 2 bridgehead atoms. The van der Waals surface area contributed by atoms with Gasteiger partial charge < -0.3 is 14.2 Å². The number of esters is 2. The lowest BCUT2D eigenvalue weighted by Gasteiger charge is -2.32. The number of rotatable bonds is 0. The molecule has 6 heteroatoms. The minimum atomic E-state index is -0.985. The number of nitrogens with zero attached hydrogens (tertiary/aromatic N) is 1. The molecular weight excluding hydrogens is 310 g/mol. The summed E-state index contributed by atoms with van der Waals surface area (Å²) >= 11 is 0. The van der Waals surface area contributed by atoms with Crippen molar-refractivity contribution in [1.82, 2.24) is 4.90 Å². The Bertz CT molecular complexity index is 566. The van der Waals surface area contributed by atoms with Gasteiger partial charge >= 0.3 is 11.9 Å². The molecule has 4 aliphatic rings. The minimum Gasteiger partial charge on any atom is -0.463 e. The van der Waals surface area contributed by atoms with Crippen LogP contribution in [0.1, 0.15) is 46.5 Å². The fourth-order valence-corrected chi connectivity index (χ4v) is 5.21. The summed E-state index contributed by atoms with van der Waals surface area (Å²) in [6, 6.07) is 0.192. The number of ether oxygens (including phenoxy) is 3. The average Bonchev–Trinajstić information content (AvgIpc) is 3.11. The molecule has 0 aliphatic carbocycles. The highest BCUT2D eigenvalue weighted by molar-refractivity contribution is 5.80. The summed E-state index contributed by atoms with van der Waals surface area (Å²) < 4.78 is 17.6. The molecule has 0 aromatic carbocycles. The number of hydrogen-bond acceptors (Lipinski definition) is 6. The van der Waals surface area contributed by atoms with Crippen molar-refractivity contribution in [1.29, 1.82) is 0 Å². The van der Waals surface area contributed by atoms with Crippen LogP contribution in [0.4, 0.5) is 0 Å². The van der Waals surface area contributed by atoms with Gasteiger partial charge in [0, 0.05) is 12.5 Å². The predicted octanol–water partition coefficient (Wildman–Crippen LogP) is 1.51. The molecular formula is C18H27NO5. The molecule has 4 rings (SSSR count). The van der Waals surface area contributed by atoms with Gasteiger partial charge in [0.1, 0.15) is 6.10 Å². The minimum absolute atomic E-state index is 0.00290. The second kappa shape index (κ2) is 5.43. The van der Waals surface area contributed by atoms with Gasteiger partial charge in [-0.25, -0.2) is 4.79 Å². The van der Waals surface area contributed by atoms with Gasteiger partial charge in [-0.15, -0.1) is 0 Å². The number of cyclic esters (lactones) is 1. The summed E-state index contributed by atoms with van der Waals surface area (Å²) in [7, 11) is 0. The molecule has 6 atom stereocenters. The highest BCUT2D eigenvalue weighted by atomic mass is 16.6. The van der Waals surface area contributed by atoms with Gasteiger partial charge in [0.05, 0.1) is 24.7 Å². The fourth-order valence-electron chi connectivity index (χ4n) is 5.21. The maximum Gasteiger partial charge on any atom is 0.338 e. The van der Waals surface area contributed by atoms with E-state index in [1.54, 1.807) is 6.92 Å². The molecule has 4 aliphatic heterocycles. The lowest BCUT2D eigenvalue weighted by molar-refractivity contribution is -0.187. The molecule has 4 heterocycles. The van der Waals surface area contributed by atoms with Crippen LogP contribution in [-0.2, 0) is 23.8 Å². The van der Waals surface area contributed by atoms with Crippen molar-refractivity contribution in [3.63, 3.8) is 0 Å². The first-order valence-electron chi connectivity index (χ1n) is 9.12. The molecule has 0 saturated carbocycles. The molecule has 4 saturated heterocycles. The van der Waals surface area contributed by atoms with E-state index in [4.69, 9.17) is 14.2 Å². The summed E-state index contributed by atoms with van der Waals surface area (Å²) in [4.78, 5) is 27.6. The van der Waals surface area contributed by atoms with Crippen LogP contribution < -0.4 is 0 Å². The monoisotopic (exact) mass is 337 g/mol. The zero-order valence-electron chi connectivity index (χ0n) is 14.7. The van der Waals surface area contributed by atoms with Gasteiger partial charge in [-0.2, -0.15) is 0 Å². The normalized spacial score (nSPS) is 49.1. The second-order valence-electron chi connectivity index (χ2n) is 8.43. The van der Waals surface area contributed by atoms with E-state index in [0.29, 0.717) is 13.0 Å². The fraction of sp³-hybridized carbons (Fsp3) is 0.889. The molecule has 6 nitrogen and oxygen atoms in total. The molecule has 0 aromatic rings. The van der Waals surface area contributed by atoms with Crippen molar-refractivity contribution in [2.45, 2.75) is 69.8 Å². The topological polar surface area (TPSA) is 65.1 Å². The third kappa shape index (κ3) is 2.46. The first kappa shape index (κ1) is 16.3. The summed E-state index contributed by atoms with van der Waals surface area (Å²) in [5.74, 6) is -0.260. The van der Waals surface area contributed by atoms with E-state index in [9.17, 15) is 9.59 Å². The Balaban J connectivity index is 1.63. The van der Waals surface area contributed by atoms with E-state index in [1.165, 1.54) is 0 Å². The Morgan fingerprint density at radius 2 is 1.92 bits per heavy atom. The first-order chi connectivity index (χ1) is 11.3. The van der Waals surface area contributed by atoms with E-state index in [0.717, 1.165) is 25.9 Å². The Labute approximate surface area is 142 Å². The van der Waals surface area contributed by atoms with Crippen LogP contribution in [-0.4, -0.2) is 59.9 Å². The molecule has 0 aromatic heterocycles. The highest BCUT2D eigenvalue weighted by Crippen LogP contribution is 2.46. The SMILES string of the molecule is CC1C[C@]2(C)CC(=O)O[C@@H]3CCN4CC[C@H](COC(=O)[C@]1(C)O2)[C@H]34. The maximum atomic E-state index is 12.7. The highest BCUT2D eigenvalue weighted by Gasteiger charge is 2.56. The predicted molar refractivity (Wildman–Crippen MR) is 85.2 cm³/mol. The smallest absolute Gasteiger partial charge is 0.338 e. The number of hydrogen-bond donors (Lipinski definition) is 0. The van der Waals surface area contributed by atoms with Crippen molar-refractivity contribution in [3.8, 4) is 0 Å². The van der Waals surface area contributed by atoms with Gasteiger partial charge in [0.15, 0.2) is 5.60 Å². The van der Waals surface area contributed by atoms with E-state index in [1.807, 2.05) is 13.8 Å². The summed E-state index contributed by atoms with van der Waals surface area (Å²) in [6.45, 7) is 8.01. The zero-order chi connectivity index (χ0) is 17.1. The van der Waals surface area contributed by atoms with E-state index >= 15 is 0 Å². The Hall–Kier alpha value is -1.14. The number of carbonyl (C=O) groups excluding carboxylic acids is 2. The molecule has 4 fully saturated rings. The van der Waals surface area contributed by atoms with Crippen LogP contribution in [0.5, 0.6) is 0 Å². The van der Waals surface area contributed by atoms with Crippen LogP contribution in [0.15, 0.2) is 0 Å². The van der Waals surface area contributed by atoms with Crippen molar-refractivity contribution >= 4 is 11.9 Å². The largest absolute Gasteiger partial charge is 0.463 e. The molecule has 0 radical (unpaired) electrons. The number of fused-ring (bicyclic) bond motifs is 2. The van der Waals surface area contributed by atoms with Crippen LogP contribution in [0.2, 0.25) is 0 Å². The van der Waals surface area contributed by atoms with Crippen LogP contribution in [0.3, 0.4) is 0 Å². The first-order valence-corrected chi connectivity index (χ1v) is 9.12. The molecule has 0 amide bonds. The average molecular weight is 337 g/mol. The van der Waals surface area contributed by atoms with Crippen molar-refractivity contribution in [3.05, 3.63) is 0 Å². The molecule has 24 heavy (non-hydrogen) atoms. The summed E-state index contributed by atoms with van der Waals surface area (Å²) in [6.07, 6.45) is 2.60. The molecule has 1 unspecified atom stereocenters. The number of carbonyl (C=O) groups is 2. The van der Waals surface area contributed by atoms with E-state index in [2.05, 4.69) is 4.90 Å². The van der Waals surface area contributed by atoms with Gasteiger partial charge in [-0.05, 0) is 45.6 Å². The third-order valence-electron chi connectivity index (χ3n) is 6.55. The summed E-state index contributed by atoms with van der Waals surface area (Å²) in [5.41, 5.74) is -1.65. The van der Waals surface area contributed by atoms with Gasteiger partial charge in [0.25, 0.3) is 0 Å². The molecule has 0 N–H and O–H groups in total. The van der Waals surface area contributed by atoms with Crippen molar-refractivity contribution < 1.29 is 23.8 Å². The summed E-state index contributed by atoms with van der Waals surface area (Å²) in [5, 5.41) is 0. The third-order valence-corrected chi connectivity index (χ3v) is 6.55. The van der Waals surface area contributed by atoms with Crippen LogP contribution in [0, 0.1) is 11.8 Å². The van der Waals surface area contributed by atoms with Gasteiger partial charge in [-0.3, -0.25) is 9.69 Å². The van der Waals surface area contributed by atoms with E-state index in [-0.39, 0.29) is 42.3 Å². The van der Waals surface area contributed by atoms with Gasteiger partial charge in [0.2, 0.25) is 0 Å². The van der Waals surface area contributed by atoms with Crippen LogP contribution in [0.25, 0.3) is 0 Å². The van der Waals surface area contributed by atoms with Crippen molar-refractivity contribution in [2.24, 2.45) is 11.8 Å². The standard InChI is InChI=1S/C18H27NO5/c1-11-8-17(2)9-14(20)23-13-5-7-19-6-4-12(15(13)19)10-22-16(21)18(11,3)24-17/h11-13,15H,4-10H2,1-3H3/t11?,12-,13-,15-,17-,18-/m1/s1. The Kier molecular flexibility index (Phi) is 3.69. The second-order valence-corrected chi connectivity index (χ2v) is 8.43. The lowest BCUT2D eigenvalue weighted by Crippen LogP contribution is -2.46. The maximum absolute atomic E-state index is 12.7.